The molecule has 0 aliphatic carbocycles. The van der Waals surface area contributed by atoms with Crippen LogP contribution in [0.4, 0.5) is 0 Å². The number of ether oxygens (including phenoxy) is 1. The molecular formula is C19H27NO4. The topological polar surface area (TPSA) is 66.8 Å². The van der Waals surface area contributed by atoms with Crippen molar-refractivity contribution in [2.75, 3.05) is 20.2 Å². The predicted molar refractivity (Wildman–Crippen MR) is 92.1 cm³/mol. The van der Waals surface area contributed by atoms with Crippen LogP contribution in [0.3, 0.4) is 0 Å². The number of carboxylic acids is 1. The van der Waals surface area contributed by atoms with Crippen molar-refractivity contribution in [3.8, 4) is 5.75 Å². The van der Waals surface area contributed by atoms with Crippen molar-refractivity contribution in [2.45, 2.75) is 39.5 Å². The Balaban J connectivity index is 2.23. The van der Waals surface area contributed by atoms with Crippen LogP contribution in [0.1, 0.15) is 39.7 Å². The third-order valence-electron chi connectivity index (χ3n) is 5.47. The molecule has 5 nitrogen and oxygen atoms in total. The summed E-state index contributed by atoms with van der Waals surface area (Å²) >= 11 is 0. The van der Waals surface area contributed by atoms with Gasteiger partial charge in [-0.1, -0.05) is 26.0 Å². The number of benzene rings is 1. The van der Waals surface area contributed by atoms with E-state index >= 15 is 0 Å². The third-order valence-corrected chi connectivity index (χ3v) is 5.47. The summed E-state index contributed by atoms with van der Waals surface area (Å²) in [4.78, 5) is 26.5. The standard InChI is InChI=1S/C19H27NO4/c1-13(2)19(17(22)23)10-11-20(12-19)16(21)18(3,4)14-6-8-15(24-5)9-7-14/h6-9,13H,10-12H2,1-5H3,(H,22,23). The molecule has 1 aliphatic rings. The van der Waals surface area contributed by atoms with Crippen molar-refractivity contribution in [1.82, 2.24) is 4.90 Å². The monoisotopic (exact) mass is 333 g/mol. The highest BCUT2D eigenvalue weighted by molar-refractivity contribution is 5.89. The first-order chi connectivity index (χ1) is 11.1. The summed E-state index contributed by atoms with van der Waals surface area (Å²) < 4.78 is 5.16. The van der Waals surface area contributed by atoms with Crippen molar-refractivity contribution in [3.63, 3.8) is 0 Å². The summed E-state index contributed by atoms with van der Waals surface area (Å²) in [5.41, 5.74) is -0.658. The largest absolute Gasteiger partial charge is 0.497 e. The van der Waals surface area contributed by atoms with Crippen LogP contribution < -0.4 is 4.74 Å². The van der Waals surface area contributed by atoms with Gasteiger partial charge in [0.05, 0.1) is 17.9 Å². The Hall–Kier alpha value is -2.04. The molecule has 1 N–H and O–H groups in total. The molecule has 0 radical (unpaired) electrons. The van der Waals surface area contributed by atoms with E-state index in [2.05, 4.69) is 0 Å². The zero-order chi connectivity index (χ0) is 18.1. The van der Waals surface area contributed by atoms with Gasteiger partial charge in [0, 0.05) is 13.1 Å². The van der Waals surface area contributed by atoms with Gasteiger partial charge in [-0.2, -0.15) is 0 Å². The highest BCUT2D eigenvalue weighted by Crippen LogP contribution is 2.40. The highest BCUT2D eigenvalue weighted by atomic mass is 16.5. The van der Waals surface area contributed by atoms with Crippen molar-refractivity contribution < 1.29 is 19.4 Å². The molecule has 1 heterocycles. The minimum atomic E-state index is -0.842. The van der Waals surface area contributed by atoms with Crippen LogP contribution in [0.2, 0.25) is 0 Å². The molecule has 1 unspecified atom stereocenters. The van der Waals surface area contributed by atoms with Crippen LogP contribution in [0, 0.1) is 11.3 Å². The normalized spacial score (nSPS) is 21.2. The van der Waals surface area contributed by atoms with Crippen LogP contribution in [0.25, 0.3) is 0 Å². The number of hydrogen-bond acceptors (Lipinski definition) is 3. The Morgan fingerprint density at radius 3 is 2.25 bits per heavy atom. The number of likely N-dealkylation sites (tertiary alicyclic amines) is 1. The molecule has 1 atom stereocenters. The molecule has 1 saturated heterocycles. The molecule has 0 bridgehead atoms. The number of carbonyl (C=O) groups excluding carboxylic acids is 1. The maximum absolute atomic E-state index is 13.1. The molecule has 24 heavy (non-hydrogen) atoms. The van der Waals surface area contributed by atoms with Crippen LogP contribution in [0.15, 0.2) is 24.3 Å². The number of carbonyl (C=O) groups is 2. The van der Waals surface area contributed by atoms with Gasteiger partial charge in [-0.15, -0.1) is 0 Å². The summed E-state index contributed by atoms with van der Waals surface area (Å²) in [5, 5.41) is 9.66. The van der Waals surface area contributed by atoms with Crippen LogP contribution >= 0.6 is 0 Å². The van der Waals surface area contributed by atoms with Gasteiger partial charge in [0.1, 0.15) is 5.75 Å². The lowest BCUT2D eigenvalue weighted by Gasteiger charge is -2.32. The Morgan fingerprint density at radius 2 is 1.83 bits per heavy atom. The van der Waals surface area contributed by atoms with Gasteiger partial charge >= 0.3 is 5.97 Å². The molecular weight excluding hydrogens is 306 g/mol. The van der Waals surface area contributed by atoms with Gasteiger partial charge in [0.25, 0.3) is 0 Å². The van der Waals surface area contributed by atoms with Gasteiger partial charge in [-0.3, -0.25) is 9.59 Å². The summed E-state index contributed by atoms with van der Waals surface area (Å²) in [5.74, 6) is -0.115. The van der Waals surface area contributed by atoms with Crippen molar-refractivity contribution in [1.29, 1.82) is 0 Å². The second kappa shape index (κ2) is 6.46. The van der Waals surface area contributed by atoms with E-state index in [0.29, 0.717) is 13.0 Å². The Bertz CT molecular complexity index is 621. The van der Waals surface area contributed by atoms with E-state index < -0.39 is 16.8 Å². The van der Waals surface area contributed by atoms with Crippen molar-refractivity contribution in [2.24, 2.45) is 11.3 Å². The van der Waals surface area contributed by atoms with E-state index in [-0.39, 0.29) is 18.4 Å². The molecule has 0 aromatic heterocycles. The van der Waals surface area contributed by atoms with Gasteiger partial charge in [0.15, 0.2) is 0 Å². The van der Waals surface area contributed by atoms with Gasteiger partial charge in [-0.05, 0) is 43.9 Å². The van der Waals surface area contributed by atoms with Crippen LogP contribution in [0.5, 0.6) is 5.75 Å². The van der Waals surface area contributed by atoms with E-state index in [4.69, 9.17) is 4.74 Å². The average Bonchev–Trinajstić information content (AvgIpc) is 3.01. The maximum atomic E-state index is 13.1. The first kappa shape index (κ1) is 18.3. The number of carboxylic acid groups (broad SMARTS) is 1. The second-order valence-corrected chi connectivity index (χ2v) is 7.45. The summed E-state index contributed by atoms with van der Waals surface area (Å²) in [6.07, 6.45) is 0.504. The lowest BCUT2D eigenvalue weighted by atomic mass is 9.76. The molecule has 0 spiro atoms. The molecule has 132 valence electrons. The first-order valence-corrected chi connectivity index (χ1v) is 8.32. The average molecular weight is 333 g/mol. The fourth-order valence-corrected chi connectivity index (χ4v) is 3.43. The molecule has 1 aromatic carbocycles. The zero-order valence-corrected chi connectivity index (χ0v) is 15.1. The minimum Gasteiger partial charge on any atom is -0.497 e. The lowest BCUT2D eigenvalue weighted by molar-refractivity contribution is -0.151. The van der Waals surface area contributed by atoms with E-state index in [1.165, 1.54) is 0 Å². The second-order valence-electron chi connectivity index (χ2n) is 7.45. The summed E-state index contributed by atoms with van der Waals surface area (Å²) in [7, 11) is 1.60. The molecule has 1 aliphatic heterocycles. The SMILES string of the molecule is COc1ccc(C(C)(C)C(=O)N2CCC(C(=O)O)(C(C)C)C2)cc1. The third kappa shape index (κ3) is 2.99. The Kier molecular flexibility index (Phi) is 4.92. The number of hydrogen-bond donors (Lipinski definition) is 1. The van der Waals surface area contributed by atoms with Gasteiger partial charge in [-0.25, -0.2) is 0 Å². The zero-order valence-electron chi connectivity index (χ0n) is 15.1. The number of aliphatic carboxylic acids is 1. The maximum Gasteiger partial charge on any atom is 0.311 e. The highest BCUT2D eigenvalue weighted by Gasteiger charge is 2.50. The summed E-state index contributed by atoms with van der Waals surface area (Å²) in [6, 6.07) is 7.45. The number of nitrogens with zero attached hydrogens (tertiary/aromatic N) is 1. The number of amides is 1. The molecule has 5 heteroatoms. The van der Waals surface area contributed by atoms with E-state index in [1.54, 1.807) is 12.0 Å². The minimum absolute atomic E-state index is 0.0168. The summed E-state index contributed by atoms with van der Waals surface area (Å²) in [6.45, 7) is 8.36. The first-order valence-electron chi connectivity index (χ1n) is 8.32. The molecule has 1 fully saturated rings. The van der Waals surface area contributed by atoms with Crippen molar-refractivity contribution in [3.05, 3.63) is 29.8 Å². The quantitative estimate of drug-likeness (QED) is 0.900. The molecule has 0 saturated carbocycles. The van der Waals surface area contributed by atoms with E-state index in [9.17, 15) is 14.7 Å². The predicted octanol–water partition coefficient (Wildman–Crippen LogP) is 2.93. The smallest absolute Gasteiger partial charge is 0.311 e. The Labute approximate surface area is 143 Å². The molecule has 2 rings (SSSR count). The number of methoxy groups -OCH3 is 1. The fraction of sp³-hybridized carbons (Fsp3) is 0.579. The van der Waals surface area contributed by atoms with E-state index in [1.807, 2.05) is 52.0 Å². The van der Waals surface area contributed by atoms with Gasteiger partial charge < -0.3 is 14.7 Å². The van der Waals surface area contributed by atoms with Crippen molar-refractivity contribution >= 4 is 11.9 Å². The van der Waals surface area contributed by atoms with Crippen LogP contribution in [-0.2, 0) is 15.0 Å². The van der Waals surface area contributed by atoms with Crippen LogP contribution in [-0.4, -0.2) is 42.1 Å². The Morgan fingerprint density at radius 1 is 1.25 bits per heavy atom. The van der Waals surface area contributed by atoms with E-state index in [0.717, 1.165) is 11.3 Å². The lowest BCUT2D eigenvalue weighted by Crippen LogP contribution is -2.45. The number of rotatable bonds is 5. The fourth-order valence-electron chi connectivity index (χ4n) is 3.43. The molecule has 1 amide bonds. The molecule has 1 aromatic rings. The van der Waals surface area contributed by atoms with Gasteiger partial charge in [0.2, 0.25) is 5.91 Å².